The number of nitrogens with one attached hydrogen (secondary N) is 3. The lowest BCUT2D eigenvalue weighted by Crippen LogP contribution is -2.40. The Morgan fingerprint density at radius 1 is 1.18 bits per heavy atom. The van der Waals surface area contributed by atoms with Gasteiger partial charge in [-0.25, -0.2) is 0 Å². The monoisotopic (exact) mass is 502 g/mol. The summed E-state index contributed by atoms with van der Waals surface area (Å²) in [7, 11) is 1.73. The van der Waals surface area contributed by atoms with Crippen molar-refractivity contribution in [3.05, 3.63) is 29.8 Å². The highest BCUT2D eigenvalue weighted by Crippen LogP contribution is 2.22. The van der Waals surface area contributed by atoms with E-state index in [2.05, 4.69) is 20.9 Å². The molecule has 0 saturated heterocycles. The predicted octanol–water partition coefficient (Wildman–Crippen LogP) is 3.60. The molecule has 1 amide bonds. The quantitative estimate of drug-likeness (QED) is 0.303. The zero-order valence-electron chi connectivity index (χ0n) is 17.5. The molecule has 1 aliphatic rings. The lowest BCUT2D eigenvalue weighted by Gasteiger charge is -2.23. The van der Waals surface area contributed by atoms with Gasteiger partial charge in [-0.1, -0.05) is 31.0 Å². The van der Waals surface area contributed by atoms with Gasteiger partial charge in [0.1, 0.15) is 11.4 Å². The number of rotatable bonds is 7. The predicted molar refractivity (Wildman–Crippen MR) is 125 cm³/mol. The number of carbonyl (C=O) groups is 1. The molecule has 7 heteroatoms. The van der Waals surface area contributed by atoms with Gasteiger partial charge in [0.15, 0.2) is 5.96 Å². The molecular weight excluding hydrogens is 467 g/mol. The molecule has 0 atom stereocenters. The van der Waals surface area contributed by atoms with Crippen LogP contribution in [0.1, 0.15) is 58.4 Å². The minimum atomic E-state index is -0.247. The normalized spacial score (nSPS) is 14.9. The van der Waals surface area contributed by atoms with Crippen LogP contribution in [0.15, 0.2) is 29.3 Å². The van der Waals surface area contributed by atoms with Crippen molar-refractivity contribution in [1.82, 2.24) is 16.0 Å². The van der Waals surface area contributed by atoms with Crippen LogP contribution in [0, 0.1) is 0 Å². The van der Waals surface area contributed by atoms with E-state index in [4.69, 9.17) is 4.74 Å². The first-order chi connectivity index (χ1) is 12.9. The summed E-state index contributed by atoms with van der Waals surface area (Å²) in [6.07, 6.45) is 5.11. The fourth-order valence-electron chi connectivity index (χ4n) is 3.14. The van der Waals surface area contributed by atoms with E-state index in [9.17, 15) is 4.79 Å². The maximum atomic E-state index is 12.0. The minimum absolute atomic E-state index is 0. The average Bonchev–Trinajstić information content (AvgIpc) is 3.10. The summed E-state index contributed by atoms with van der Waals surface area (Å²) in [5, 5.41) is 9.59. The van der Waals surface area contributed by atoms with E-state index >= 15 is 0 Å². The van der Waals surface area contributed by atoms with Crippen molar-refractivity contribution in [3.63, 3.8) is 0 Å². The summed E-state index contributed by atoms with van der Waals surface area (Å²) < 4.78 is 6.02. The SMILES string of the molecule is CN=C(NCCC(=O)NC1CCCC1)NCc1ccccc1OC(C)(C)C.I. The van der Waals surface area contributed by atoms with Gasteiger partial charge >= 0.3 is 0 Å². The third-order valence-corrected chi connectivity index (χ3v) is 4.42. The highest BCUT2D eigenvalue weighted by Gasteiger charge is 2.17. The second kappa shape index (κ2) is 12.1. The highest BCUT2D eigenvalue weighted by atomic mass is 127. The third kappa shape index (κ3) is 9.12. The van der Waals surface area contributed by atoms with Crippen LogP contribution in [0.5, 0.6) is 5.75 Å². The third-order valence-electron chi connectivity index (χ3n) is 4.42. The maximum Gasteiger partial charge on any atom is 0.221 e. The number of halogens is 1. The van der Waals surface area contributed by atoms with Gasteiger partial charge in [-0.15, -0.1) is 24.0 Å². The smallest absolute Gasteiger partial charge is 0.221 e. The Balaban J connectivity index is 0.00000392. The van der Waals surface area contributed by atoms with Crippen molar-refractivity contribution < 1.29 is 9.53 Å². The molecule has 0 bridgehead atoms. The summed E-state index contributed by atoms with van der Waals surface area (Å²) in [5.74, 6) is 1.65. The summed E-state index contributed by atoms with van der Waals surface area (Å²) in [5.41, 5.74) is 0.817. The van der Waals surface area contributed by atoms with E-state index in [1.165, 1.54) is 12.8 Å². The molecular formula is C21H35IN4O2. The average molecular weight is 502 g/mol. The van der Waals surface area contributed by atoms with Gasteiger partial charge in [-0.05, 0) is 39.7 Å². The molecule has 0 spiro atoms. The second-order valence-electron chi connectivity index (χ2n) is 7.97. The second-order valence-corrected chi connectivity index (χ2v) is 7.97. The van der Waals surface area contributed by atoms with Gasteiger partial charge in [-0.2, -0.15) is 0 Å². The van der Waals surface area contributed by atoms with Crippen LogP contribution in [-0.4, -0.2) is 37.1 Å². The Morgan fingerprint density at radius 2 is 1.86 bits per heavy atom. The number of ether oxygens (including phenoxy) is 1. The molecule has 0 aliphatic heterocycles. The number of hydrogen-bond donors (Lipinski definition) is 3. The maximum absolute atomic E-state index is 12.0. The van der Waals surface area contributed by atoms with Crippen molar-refractivity contribution in [1.29, 1.82) is 0 Å². The molecule has 2 rings (SSSR count). The first-order valence-electron chi connectivity index (χ1n) is 9.88. The number of para-hydroxylation sites is 1. The van der Waals surface area contributed by atoms with Gasteiger partial charge < -0.3 is 20.7 Å². The van der Waals surface area contributed by atoms with Crippen LogP contribution in [0.2, 0.25) is 0 Å². The van der Waals surface area contributed by atoms with E-state index in [0.717, 1.165) is 24.2 Å². The first-order valence-corrected chi connectivity index (χ1v) is 9.88. The Labute approximate surface area is 186 Å². The molecule has 158 valence electrons. The fourth-order valence-corrected chi connectivity index (χ4v) is 3.14. The van der Waals surface area contributed by atoms with E-state index in [0.29, 0.717) is 31.5 Å². The number of benzene rings is 1. The van der Waals surface area contributed by atoms with Crippen LogP contribution in [-0.2, 0) is 11.3 Å². The molecule has 28 heavy (non-hydrogen) atoms. The van der Waals surface area contributed by atoms with Crippen molar-refractivity contribution in [2.45, 2.75) is 71.1 Å². The Kier molecular flexibility index (Phi) is 10.6. The van der Waals surface area contributed by atoms with Gasteiger partial charge in [0.2, 0.25) is 5.91 Å². The molecule has 0 aromatic heterocycles. The largest absolute Gasteiger partial charge is 0.488 e. The number of guanidine groups is 1. The van der Waals surface area contributed by atoms with Gasteiger partial charge in [-0.3, -0.25) is 9.79 Å². The minimum Gasteiger partial charge on any atom is -0.488 e. The van der Waals surface area contributed by atoms with E-state index in [-0.39, 0.29) is 35.5 Å². The fraction of sp³-hybridized carbons (Fsp3) is 0.619. The lowest BCUT2D eigenvalue weighted by atomic mass is 10.1. The van der Waals surface area contributed by atoms with Crippen molar-refractivity contribution in [3.8, 4) is 5.75 Å². The lowest BCUT2D eigenvalue weighted by molar-refractivity contribution is -0.121. The van der Waals surface area contributed by atoms with Crippen molar-refractivity contribution in [2.75, 3.05) is 13.6 Å². The molecule has 1 saturated carbocycles. The van der Waals surface area contributed by atoms with Gasteiger partial charge in [0.05, 0.1) is 0 Å². The molecule has 0 unspecified atom stereocenters. The molecule has 1 aromatic carbocycles. The van der Waals surface area contributed by atoms with E-state index in [1.54, 1.807) is 7.05 Å². The van der Waals surface area contributed by atoms with Crippen molar-refractivity contribution >= 4 is 35.8 Å². The molecule has 1 fully saturated rings. The van der Waals surface area contributed by atoms with Crippen LogP contribution in [0.4, 0.5) is 0 Å². The van der Waals surface area contributed by atoms with Crippen molar-refractivity contribution in [2.24, 2.45) is 4.99 Å². The van der Waals surface area contributed by atoms with Crippen LogP contribution >= 0.6 is 24.0 Å². The van der Waals surface area contributed by atoms with Gasteiger partial charge in [0, 0.05) is 38.2 Å². The van der Waals surface area contributed by atoms with Crippen LogP contribution in [0.25, 0.3) is 0 Å². The summed E-state index contributed by atoms with van der Waals surface area (Å²) >= 11 is 0. The zero-order valence-corrected chi connectivity index (χ0v) is 19.8. The number of carbonyl (C=O) groups excluding carboxylic acids is 1. The summed E-state index contributed by atoms with van der Waals surface area (Å²) in [6, 6.07) is 8.35. The molecule has 6 nitrogen and oxygen atoms in total. The first kappa shape index (κ1) is 24.5. The van der Waals surface area contributed by atoms with Crippen LogP contribution < -0.4 is 20.7 Å². The zero-order chi connectivity index (χ0) is 19.7. The highest BCUT2D eigenvalue weighted by molar-refractivity contribution is 14.0. The topological polar surface area (TPSA) is 74.8 Å². The summed E-state index contributed by atoms with van der Waals surface area (Å²) in [4.78, 5) is 16.2. The number of aliphatic imine (C=N–C) groups is 1. The van der Waals surface area contributed by atoms with Crippen LogP contribution in [0.3, 0.4) is 0 Å². The number of hydrogen-bond acceptors (Lipinski definition) is 3. The van der Waals surface area contributed by atoms with E-state index in [1.807, 2.05) is 45.0 Å². The van der Waals surface area contributed by atoms with E-state index < -0.39 is 0 Å². The number of amides is 1. The van der Waals surface area contributed by atoms with Gasteiger partial charge in [0.25, 0.3) is 0 Å². The Hall–Kier alpha value is -1.51. The Morgan fingerprint density at radius 3 is 2.50 bits per heavy atom. The molecule has 0 radical (unpaired) electrons. The number of nitrogens with zero attached hydrogens (tertiary/aromatic N) is 1. The molecule has 3 N–H and O–H groups in total. The Bertz CT molecular complexity index is 638. The standard InChI is InChI=1S/C21H34N4O2.HI/c1-21(2,3)27-18-12-8-5-9-16(18)15-24-20(22-4)23-14-13-19(26)25-17-10-6-7-11-17;/h5,8-9,12,17H,6-7,10-11,13-15H2,1-4H3,(H,25,26)(H2,22,23,24);1H. The molecule has 0 heterocycles. The summed E-state index contributed by atoms with van der Waals surface area (Å²) in [6.45, 7) is 7.26. The molecule has 1 aromatic rings. The molecule has 1 aliphatic carbocycles.